The molecule has 98 valence electrons. The van der Waals surface area contributed by atoms with Crippen LogP contribution < -0.4 is 5.73 Å². The van der Waals surface area contributed by atoms with Crippen molar-refractivity contribution in [2.75, 3.05) is 0 Å². The second-order valence-corrected chi connectivity index (χ2v) is 5.18. The Bertz CT molecular complexity index is 586. The van der Waals surface area contributed by atoms with Crippen LogP contribution in [0.2, 0.25) is 0 Å². The van der Waals surface area contributed by atoms with Crippen LogP contribution in [-0.2, 0) is 11.2 Å². The lowest BCUT2D eigenvalue weighted by atomic mass is 9.98. The summed E-state index contributed by atoms with van der Waals surface area (Å²) in [6, 6.07) is 13.0. The van der Waals surface area contributed by atoms with Crippen LogP contribution in [0.15, 0.2) is 53.0 Å². The first-order valence-corrected chi connectivity index (χ1v) is 6.64. The molecule has 1 unspecified atom stereocenters. The van der Waals surface area contributed by atoms with E-state index >= 15 is 0 Å². The molecule has 0 saturated heterocycles. The monoisotopic (exact) mass is 321 g/mol. The van der Waals surface area contributed by atoms with Gasteiger partial charge in [-0.05, 0) is 23.3 Å². The van der Waals surface area contributed by atoms with E-state index < -0.39 is 11.9 Å². The highest BCUT2D eigenvalue weighted by molar-refractivity contribution is 9.10. The summed E-state index contributed by atoms with van der Waals surface area (Å²) in [5.74, 6) is -0.601. The lowest BCUT2D eigenvalue weighted by Crippen LogP contribution is -2.23. The molecule has 2 aromatic rings. The molecule has 2 rings (SSSR count). The van der Waals surface area contributed by atoms with Crippen LogP contribution in [-0.4, -0.2) is 5.78 Å². The number of hydrogen-bond acceptors (Lipinski definition) is 2. The Morgan fingerprint density at radius 2 is 1.89 bits per heavy atom. The summed E-state index contributed by atoms with van der Waals surface area (Å²) in [4.78, 5) is 12.0. The molecule has 0 aliphatic heterocycles. The average molecular weight is 322 g/mol. The van der Waals surface area contributed by atoms with E-state index in [1.54, 1.807) is 24.3 Å². The maximum atomic E-state index is 13.7. The highest BCUT2D eigenvalue weighted by Gasteiger charge is 2.17. The molecule has 0 aliphatic rings. The Labute approximate surface area is 119 Å². The van der Waals surface area contributed by atoms with Gasteiger partial charge in [-0.1, -0.05) is 52.3 Å². The zero-order chi connectivity index (χ0) is 13.8. The van der Waals surface area contributed by atoms with Gasteiger partial charge in [-0.3, -0.25) is 4.79 Å². The SMILES string of the molecule is NC(C(=O)Cc1ccc(Br)cc1F)c1ccccc1. The van der Waals surface area contributed by atoms with Gasteiger partial charge in [0.25, 0.3) is 0 Å². The summed E-state index contributed by atoms with van der Waals surface area (Å²) in [6.07, 6.45) is -0.00479. The van der Waals surface area contributed by atoms with Crippen molar-refractivity contribution in [3.63, 3.8) is 0 Å². The molecule has 0 bridgehead atoms. The smallest absolute Gasteiger partial charge is 0.158 e. The van der Waals surface area contributed by atoms with E-state index in [9.17, 15) is 9.18 Å². The van der Waals surface area contributed by atoms with Crippen LogP contribution in [0.5, 0.6) is 0 Å². The Hall–Kier alpha value is -1.52. The summed E-state index contributed by atoms with van der Waals surface area (Å²) in [7, 11) is 0. The maximum absolute atomic E-state index is 13.7. The first-order chi connectivity index (χ1) is 9.08. The van der Waals surface area contributed by atoms with Crippen molar-refractivity contribution in [3.05, 3.63) is 69.9 Å². The van der Waals surface area contributed by atoms with E-state index in [2.05, 4.69) is 15.9 Å². The molecule has 2 nitrogen and oxygen atoms in total. The summed E-state index contributed by atoms with van der Waals surface area (Å²) >= 11 is 3.18. The fraction of sp³-hybridized carbons (Fsp3) is 0.133. The lowest BCUT2D eigenvalue weighted by molar-refractivity contribution is -0.119. The molecular weight excluding hydrogens is 309 g/mol. The highest BCUT2D eigenvalue weighted by atomic mass is 79.9. The van der Waals surface area contributed by atoms with Gasteiger partial charge in [-0.25, -0.2) is 4.39 Å². The molecule has 0 fully saturated rings. The van der Waals surface area contributed by atoms with E-state index in [0.717, 1.165) is 5.56 Å². The molecule has 0 amide bonds. The molecule has 19 heavy (non-hydrogen) atoms. The fourth-order valence-corrected chi connectivity index (χ4v) is 2.14. The number of carbonyl (C=O) groups is 1. The minimum Gasteiger partial charge on any atom is -0.318 e. The third-order valence-corrected chi connectivity index (χ3v) is 3.38. The Balaban J connectivity index is 2.13. The summed E-state index contributed by atoms with van der Waals surface area (Å²) in [6.45, 7) is 0. The van der Waals surface area contributed by atoms with Crippen molar-refractivity contribution in [1.82, 2.24) is 0 Å². The average Bonchev–Trinajstić information content (AvgIpc) is 2.42. The summed E-state index contributed by atoms with van der Waals surface area (Å²) in [5, 5.41) is 0. The van der Waals surface area contributed by atoms with Gasteiger partial charge in [0, 0.05) is 10.9 Å². The molecule has 0 saturated carbocycles. The van der Waals surface area contributed by atoms with Crippen LogP contribution in [0, 0.1) is 5.82 Å². The summed E-state index contributed by atoms with van der Waals surface area (Å²) < 4.78 is 14.3. The largest absolute Gasteiger partial charge is 0.318 e. The zero-order valence-electron chi connectivity index (χ0n) is 10.1. The molecule has 4 heteroatoms. The first kappa shape index (κ1) is 13.9. The van der Waals surface area contributed by atoms with E-state index in [0.29, 0.717) is 10.0 Å². The molecular formula is C15H13BrFNO. The second-order valence-electron chi connectivity index (χ2n) is 4.27. The quantitative estimate of drug-likeness (QED) is 0.937. The van der Waals surface area contributed by atoms with Crippen molar-refractivity contribution in [2.45, 2.75) is 12.5 Å². The van der Waals surface area contributed by atoms with E-state index in [1.165, 1.54) is 6.07 Å². The van der Waals surface area contributed by atoms with Gasteiger partial charge in [0.15, 0.2) is 5.78 Å². The Morgan fingerprint density at radius 3 is 2.53 bits per heavy atom. The second kappa shape index (κ2) is 6.08. The number of rotatable bonds is 4. The topological polar surface area (TPSA) is 43.1 Å². The molecule has 0 aliphatic carbocycles. The Morgan fingerprint density at radius 1 is 1.21 bits per heavy atom. The lowest BCUT2D eigenvalue weighted by Gasteiger charge is -2.11. The van der Waals surface area contributed by atoms with Crippen LogP contribution in [0.25, 0.3) is 0 Å². The van der Waals surface area contributed by atoms with Gasteiger partial charge in [0.1, 0.15) is 5.82 Å². The molecule has 0 heterocycles. The minimum absolute atomic E-state index is 0.00479. The number of Topliss-reactive ketones (excluding diaryl/α,β-unsaturated/α-hetero) is 1. The van der Waals surface area contributed by atoms with Crippen molar-refractivity contribution in [3.8, 4) is 0 Å². The van der Waals surface area contributed by atoms with Crippen LogP contribution >= 0.6 is 15.9 Å². The van der Waals surface area contributed by atoms with Gasteiger partial charge >= 0.3 is 0 Å². The van der Waals surface area contributed by atoms with Crippen molar-refractivity contribution < 1.29 is 9.18 Å². The Kier molecular flexibility index (Phi) is 4.45. The third kappa shape index (κ3) is 3.49. The number of hydrogen-bond donors (Lipinski definition) is 1. The van der Waals surface area contributed by atoms with Crippen molar-refractivity contribution in [2.24, 2.45) is 5.73 Å². The number of benzene rings is 2. The molecule has 0 spiro atoms. The predicted molar refractivity (Wildman–Crippen MR) is 76.2 cm³/mol. The predicted octanol–water partition coefficient (Wildman–Crippen LogP) is 3.40. The maximum Gasteiger partial charge on any atom is 0.158 e. The number of carbonyl (C=O) groups excluding carboxylic acids is 1. The van der Waals surface area contributed by atoms with Crippen LogP contribution in [0.3, 0.4) is 0 Å². The van der Waals surface area contributed by atoms with Gasteiger partial charge in [-0.15, -0.1) is 0 Å². The first-order valence-electron chi connectivity index (χ1n) is 5.85. The van der Waals surface area contributed by atoms with Gasteiger partial charge in [0.2, 0.25) is 0 Å². The molecule has 1 atom stereocenters. The molecule has 2 N–H and O–H groups in total. The van der Waals surface area contributed by atoms with Crippen molar-refractivity contribution >= 4 is 21.7 Å². The van der Waals surface area contributed by atoms with Crippen LogP contribution in [0.4, 0.5) is 4.39 Å². The van der Waals surface area contributed by atoms with E-state index in [4.69, 9.17) is 5.73 Å². The minimum atomic E-state index is -0.718. The van der Waals surface area contributed by atoms with Gasteiger partial charge in [-0.2, -0.15) is 0 Å². The van der Waals surface area contributed by atoms with Gasteiger partial charge < -0.3 is 5.73 Å². The normalized spacial score (nSPS) is 12.2. The summed E-state index contributed by atoms with van der Waals surface area (Å²) in [5.41, 5.74) is 6.99. The molecule has 0 radical (unpaired) electrons. The highest BCUT2D eigenvalue weighted by Crippen LogP contribution is 2.18. The standard InChI is InChI=1S/C15H13BrFNO/c16-12-7-6-11(13(17)9-12)8-14(19)15(18)10-4-2-1-3-5-10/h1-7,9,15H,8,18H2. The zero-order valence-corrected chi connectivity index (χ0v) is 11.7. The number of ketones is 1. The molecule has 0 aromatic heterocycles. The van der Waals surface area contributed by atoms with E-state index in [1.807, 2.05) is 18.2 Å². The molecule has 2 aromatic carbocycles. The number of halogens is 2. The third-order valence-electron chi connectivity index (χ3n) is 2.89. The van der Waals surface area contributed by atoms with Crippen LogP contribution in [0.1, 0.15) is 17.2 Å². The fourth-order valence-electron chi connectivity index (χ4n) is 1.81. The van der Waals surface area contributed by atoms with Gasteiger partial charge in [0.05, 0.1) is 6.04 Å². The van der Waals surface area contributed by atoms with Crippen molar-refractivity contribution in [1.29, 1.82) is 0 Å². The van der Waals surface area contributed by atoms with E-state index in [-0.39, 0.29) is 12.2 Å². The number of nitrogens with two attached hydrogens (primary N) is 1.